The molecule has 4 aromatic rings. The highest BCUT2D eigenvalue weighted by molar-refractivity contribution is 7.18. The molecule has 1 atom stereocenters. The van der Waals surface area contributed by atoms with Crippen LogP contribution in [0.25, 0.3) is 32.9 Å². The molecule has 0 spiro atoms. The summed E-state index contributed by atoms with van der Waals surface area (Å²) in [4.78, 5) is 9.47. The number of hydrogen-bond acceptors (Lipinski definition) is 9. The Morgan fingerprint density at radius 2 is 2.03 bits per heavy atom. The van der Waals surface area contributed by atoms with Crippen molar-refractivity contribution in [3.05, 3.63) is 42.5 Å². The van der Waals surface area contributed by atoms with E-state index in [1.807, 2.05) is 30.3 Å². The minimum Gasteiger partial charge on any atom is -0.507 e. The van der Waals surface area contributed by atoms with Crippen molar-refractivity contribution in [2.24, 2.45) is 0 Å². The monoisotopic (exact) mass is 405 g/mol. The summed E-state index contributed by atoms with van der Waals surface area (Å²) in [7, 11) is 0. The van der Waals surface area contributed by atoms with Crippen molar-refractivity contribution >= 4 is 33.2 Å². The molecule has 1 saturated heterocycles. The summed E-state index contributed by atoms with van der Waals surface area (Å²) in [5.74, 6) is 1.33. The Balaban J connectivity index is 1.63. The zero-order valence-electron chi connectivity index (χ0n) is 15.5. The molecular weight excluding hydrogens is 386 g/mol. The van der Waals surface area contributed by atoms with Gasteiger partial charge in [-0.3, -0.25) is 0 Å². The van der Waals surface area contributed by atoms with Crippen LogP contribution in [0.5, 0.6) is 5.75 Å². The maximum atomic E-state index is 10.5. The Morgan fingerprint density at radius 3 is 2.83 bits per heavy atom. The van der Waals surface area contributed by atoms with Crippen LogP contribution in [0.2, 0.25) is 0 Å². The van der Waals surface area contributed by atoms with Crippen molar-refractivity contribution in [1.82, 2.24) is 25.5 Å². The number of nitrogen functional groups attached to an aromatic ring is 1. The smallest absolute Gasteiger partial charge is 0.203 e. The maximum Gasteiger partial charge on any atom is 0.203 e. The molecule has 29 heavy (non-hydrogen) atoms. The molecule has 3 heterocycles. The summed E-state index contributed by atoms with van der Waals surface area (Å²) in [5.41, 5.74) is 7.87. The van der Waals surface area contributed by atoms with Crippen LogP contribution in [-0.4, -0.2) is 44.4 Å². The number of nitrogens with zero attached hydrogens (tertiary/aromatic N) is 4. The first kappa shape index (κ1) is 17.8. The van der Waals surface area contributed by atoms with Crippen molar-refractivity contribution < 1.29 is 5.11 Å². The minimum atomic E-state index is 0.106. The highest BCUT2D eigenvalue weighted by Gasteiger charge is 2.19. The maximum absolute atomic E-state index is 10.5. The number of aromatic nitrogens is 4. The van der Waals surface area contributed by atoms with Crippen LogP contribution in [0.3, 0.4) is 0 Å². The van der Waals surface area contributed by atoms with E-state index in [1.54, 1.807) is 12.1 Å². The average molecular weight is 405 g/mol. The number of hydrogen-bond donors (Lipinski definition) is 4. The number of phenols is 1. The van der Waals surface area contributed by atoms with Crippen LogP contribution in [-0.2, 0) is 0 Å². The predicted octanol–water partition coefficient (Wildman–Crippen LogP) is 2.88. The zero-order valence-corrected chi connectivity index (χ0v) is 16.3. The number of nitrogens with one attached hydrogen (secondary N) is 2. The van der Waals surface area contributed by atoms with Gasteiger partial charge in [0.25, 0.3) is 0 Å². The topological polar surface area (TPSA) is 122 Å². The molecule has 1 aliphatic heterocycles. The van der Waals surface area contributed by atoms with Gasteiger partial charge in [0.15, 0.2) is 5.82 Å². The summed E-state index contributed by atoms with van der Waals surface area (Å²) in [5, 5.41) is 27.4. The quantitative estimate of drug-likeness (QED) is 0.409. The van der Waals surface area contributed by atoms with Gasteiger partial charge in [0.05, 0.1) is 11.1 Å². The molecular formula is C20H19N7OS. The summed E-state index contributed by atoms with van der Waals surface area (Å²) in [6.07, 6.45) is 1.03. The molecule has 2 aromatic heterocycles. The van der Waals surface area contributed by atoms with Crippen LogP contribution in [0.1, 0.15) is 6.42 Å². The fraction of sp³-hybridized carbons (Fsp3) is 0.200. The number of rotatable bonds is 4. The van der Waals surface area contributed by atoms with E-state index in [4.69, 9.17) is 15.7 Å². The van der Waals surface area contributed by atoms with E-state index >= 15 is 0 Å². The van der Waals surface area contributed by atoms with Crippen LogP contribution in [0.15, 0.2) is 42.5 Å². The van der Waals surface area contributed by atoms with Gasteiger partial charge in [0.1, 0.15) is 16.6 Å². The predicted molar refractivity (Wildman–Crippen MR) is 115 cm³/mol. The first-order valence-corrected chi connectivity index (χ1v) is 10.2. The van der Waals surface area contributed by atoms with Gasteiger partial charge in [-0.2, -0.15) is 0 Å². The molecule has 1 fully saturated rings. The van der Waals surface area contributed by atoms with Crippen LogP contribution < -0.4 is 16.4 Å². The molecule has 1 unspecified atom stereocenters. The number of phenolic OH excluding ortho intramolecular Hbond substituents is 1. The number of fused-ring (bicyclic) bond motifs is 1. The second kappa shape index (κ2) is 7.26. The van der Waals surface area contributed by atoms with Crippen molar-refractivity contribution in [2.75, 3.05) is 24.1 Å². The van der Waals surface area contributed by atoms with Crippen molar-refractivity contribution in [3.63, 3.8) is 0 Å². The molecule has 2 aromatic carbocycles. The molecule has 0 radical (unpaired) electrons. The number of anilines is 2. The van der Waals surface area contributed by atoms with Gasteiger partial charge in [0.2, 0.25) is 5.13 Å². The third kappa shape index (κ3) is 3.45. The van der Waals surface area contributed by atoms with Crippen LogP contribution in [0, 0.1) is 0 Å². The summed E-state index contributed by atoms with van der Waals surface area (Å²) >= 11 is 1.29. The first-order valence-electron chi connectivity index (χ1n) is 9.34. The van der Waals surface area contributed by atoms with Crippen molar-refractivity contribution in [3.8, 4) is 27.7 Å². The Morgan fingerprint density at radius 1 is 1.14 bits per heavy atom. The number of nitrogens with two attached hydrogens (primary N) is 1. The first-order chi connectivity index (χ1) is 14.2. The molecule has 0 aliphatic carbocycles. The standard InChI is InChI=1S/C20H19N7OS/c21-20-27-26-19(29-20)11-5-6-16(28)14(9-11)18-24-15-4-2-1-3-13(15)17(25-18)23-12-7-8-22-10-12/h1-6,9,12,22,28H,7-8,10H2,(H2,21,27)(H,23,24,25). The van der Waals surface area contributed by atoms with Crippen LogP contribution in [0.4, 0.5) is 10.9 Å². The summed E-state index contributed by atoms with van der Waals surface area (Å²) in [6.45, 7) is 1.88. The lowest BCUT2D eigenvalue weighted by Crippen LogP contribution is -2.23. The lowest BCUT2D eigenvalue weighted by molar-refractivity contribution is 0.477. The second-order valence-electron chi connectivity index (χ2n) is 6.92. The molecule has 1 aliphatic rings. The fourth-order valence-electron chi connectivity index (χ4n) is 3.48. The van der Waals surface area contributed by atoms with Gasteiger partial charge < -0.3 is 21.5 Å². The Bertz CT molecular complexity index is 1190. The Hall–Kier alpha value is -3.30. The summed E-state index contributed by atoms with van der Waals surface area (Å²) in [6, 6.07) is 13.4. The SMILES string of the molecule is Nc1nnc(-c2ccc(O)c(-c3nc(NC4CCNC4)c4ccccc4n3)c2)s1. The number of para-hydroxylation sites is 1. The highest BCUT2D eigenvalue weighted by Crippen LogP contribution is 2.35. The fourth-order valence-corrected chi connectivity index (χ4v) is 4.08. The molecule has 5 N–H and O–H groups in total. The van der Waals surface area contributed by atoms with E-state index < -0.39 is 0 Å². The Labute approximate surface area is 170 Å². The molecule has 8 nitrogen and oxygen atoms in total. The van der Waals surface area contributed by atoms with E-state index in [0.717, 1.165) is 41.8 Å². The van der Waals surface area contributed by atoms with Gasteiger partial charge in [-0.15, -0.1) is 10.2 Å². The average Bonchev–Trinajstić information content (AvgIpc) is 3.40. The zero-order chi connectivity index (χ0) is 19.8. The number of benzene rings is 2. The van der Waals surface area contributed by atoms with Gasteiger partial charge in [-0.25, -0.2) is 9.97 Å². The molecule has 5 rings (SSSR count). The van der Waals surface area contributed by atoms with E-state index in [-0.39, 0.29) is 5.75 Å². The lowest BCUT2D eigenvalue weighted by atomic mass is 10.1. The van der Waals surface area contributed by atoms with E-state index in [9.17, 15) is 5.11 Å². The molecule has 0 bridgehead atoms. The highest BCUT2D eigenvalue weighted by atomic mass is 32.1. The molecule has 0 amide bonds. The largest absolute Gasteiger partial charge is 0.507 e. The van der Waals surface area contributed by atoms with Crippen LogP contribution >= 0.6 is 11.3 Å². The lowest BCUT2D eigenvalue weighted by Gasteiger charge is -2.15. The minimum absolute atomic E-state index is 0.106. The molecule has 0 saturated carbocycles. The van der Waals surface area contributed by atoms with Gasteiger partial charge >= 0.3 is 0 Å². The third-order valence-corrected chi connectivity index (χ3v) is 5.73. The Kier molecular flexibility index (Phi) is 4.45. The van der Waals surface area contributed by atoms with E-state index in [2.05, 4.69) is 20.8 Å². The third-order valence-electron chi connectivity index (χ3n) is 4.93. The van der Waals surface area contributed by atoms with Crippen molar-refractivity contribution in [1.29, 1.82) is 0 Å². The van der Waals surface area contributed by atoms with E-state index in [0.29, 0.717) is 27.6 Å². The second-order valence-corrected chi connectivity index (χ2v) is 7.93. The van der Waals surface area contributed by atoms with Gasteiger partial charge in [-0.05, 0) is 43.3 Å². The van der Waals surface area contributed by atoms with E-state index in [1.165, 1.54) is 11.3 Å². The molecule has 146 valence electrons. The molecule has 9 heteroatoms. The number of aromatic hydroxyl groups is 1. The summed E-state index contributed by atoms with van der Waals surface area (Å²) < 4.78 is 0. The van der Waals surface area contributed by atoms with Gasteiger partial charge in [0, 0.05) is 23.5 Å². The van der Waals surface area contributed by atoms with Crippen molar-refractivity contribution in [2.45, 2.75) is 12.5 Å². The normalized spacial score (nSPS) is 16.3. The van der Waals surface area contributed by atoms with Gasteiger partial charge in [-0.1, -0.05) is 23.5 Å².